The number of aromatic carboxylic acids is 1. The molecule has 0 bridgehead atoms. The zero-order chi connectivity index (χ0) is 17.3. The highest BCUT2D eigenvalue weighted by Gasteiger charge is 2.31. The normalized spacial score (nSPS) is 16.8. The van der Waals surface area contributed by atoms with Crippen LogP contribution in [0.2, 0.25) is 0 Å². The largest absolute Gasteiger partial charge is 0.488 e. The molecule has 1 N–H and O–H groups in total. The number of hydrogen-bond donors (Lipinski definition) is 1. The Morgan fingerprint density at radius 2 is 1.75 bits per heavy atom. The van der Waals surface area contributed by atoms with Crippen molar-refractivity contribution < 1.29 is 19.4 Å². The molecular formula is C19H19NO4. The molecule has 1 heterocycles. The van der Waals surface area contributed by atoms with Crippen molar-refractivity contribution in [3.63, 3.8) is 0 Å². The first-order valence-electron chi connectivity index (χ1n) is 7.82. The summed E-state index contributed by atoms with van der Waals surface area (Å²) >= 11 is 0. The van der Waals surface area contributed by atoms with Gasteiger partial charge >= 0.3 is 5.97 Å². The van der Waals surface area contributed by atoms with Crippen molar-refractivity contribution in [2.75, 3.05) is 7.05 Å². The smallest absolute Gasteiger partial charge is 0.335 e. The van der Waals surface area contributed by atoms with Gasteiger partial charge in [-0.05, 0) is 42.8 Å². The highest BCUT2D eigenvalue weighted by Crippen LogP contribution is 2.30. The Balaban J connectivity index is 1.70. The molecule has 0 radical (unpaired) electrons. The van der Waals surface area contributed by atoms with Gasteiger partial charge in [0.1, 0.15) is 11.9 Å². The minimum Gasteiger partial charge on any atom is -0.488 e. The average molecular weight is 325 g/mol. The maximum atomic E-state index is 12.6. The molecule has 3 rings (SSSR count). The van der Waals surface area contributed by atoms with Crippen molar-refractivity contribution in [1.29, 1.82) is 0 Å². The van der Waals surface area contributed by atoms with E-state index in [1.807, 2.05) is 31.2 Å². The molecule has 0 fully saturated rings. The van der Waals surface area contributed by atoms with Crippen molar-refractivity contribution in [3.8, 4) is 5.75 Å². The summed E-state index contributed by atoms with van der Waals surface area (Å²) in [7, 11) is 1.74. The fourth-order valence-corrected chi connectivity index (χ4v) is 2.87. The number of carboxylic acid groups (broad SMARTS) is 1. The van der Waals surface area contributed by atoms with Crippen LogP contribution in [0, 0.1) is 0 Å². The van der Waals surface area contributed by atoms with Gasteiger partial charge in [-0.25, -0.2) is 4.79 Å². The second-order valence-corrected chi connectivity index (χ2v) is 6.01. The molecule has 24 heavy (non-hydrogen) atoms. The molecule has 2 atom stereocenters. The van der Waals surface area contributed by atoms with Gasteiger partial charge in [0.15, 0.2) is 0 Å². The number of carbonyl (C=O) groups is 2. The number of ether oxygens (including phenoxy) is 1. The molecule has 124 valence electrons. The van der Waals surface area contributed by atoms with Crippen molar-refractivity contribution in [2.24, 2.45) is 0 Å². The van der Waals surface area contributed by atoms with Gasteiger partial charge in [-0.15, -0.1) is 0 Å². The van der Waals surface area contributed by atoms with E-state index in [2.05, 4.69) is 0 Å². The summed E-state index contributed by atoms with van der Waals surface area (Å²) in [6.45, 7) is 1.96. The highest BCUT2D eigenvalue weighted by molar-refractivity contribution is 5.96. The van der Waals surface area contributed by atoms with Gasteiger partial charge in [0, 0.05) is 19.0 Å². The molecule has 0 aliphatic carbocycles. The molecule has 1 aliphatic heterocycles. The second-order valence-electron chi connectivity index (χ2n) is 6.01. The van der Waals surface area contributed by atoms with E-state index >= 15 is 0 Å². The lowest BCUT2D eigenvalue weighted by Crippen LogP contribution is -2.44. The Morgan fingerprint density at radius 1 is 1.12 bits per heavy atom. The van der Waals surface area contributed by atoms with E-state index in [1.54, 1.807) is 24.1 Å². The Bertz CT molecular complexity index is 744. The number of para-hydroxylation sites is 1. The van der Waals surface area contributed by atoms with E-state index in [-0.39, 0.29) is 23.6 Å². The number of nitrogens with zero attached hydrogens (tertiary/aromatic N) is 1. The molecule has 2 aromatic carbocycles. The minimum atomic E-state index is -1.01. The maximum absolute atomic E-state index is 12.6. The summed E-state index contributed by atoms with van der Waals surface area (Å²) in [5.41, 5.74) is 1.78. The van der Waals surface area contributed by atoms with Crippen molar-refractivity contribution in [2.45, 2.75) is 25.5 Å². The van der Waals surface area contributed by atoms with Gasteiger partial charge in [0.05, 0.1) is 11.6 Å². The molecule has 1 aliphatic rings. The fourth-order valence-electron chi connectivity index (χ4n) is 2.87. The number of fused-ring (bicyclic) bond motifs is 1. The lowest BCUT2D eigenvalue weighted by atomic mass is 10.0. The lowest BCUT2D eigenvalue weighted by molar-refractivity contribution is 0.0597. The third-order valence-corrected chi connectivity index (χ3v) is 4.52. The molecule has 0 spiro atoms. The topological polar surface area (TPSA) is 66.8 Å². The molecule has 0 aromatic heterocycles. The van der Waals surface area contributed by atoms with Crippen LogP contribution < -0.4 is 4.74 Å². The van der Waals surface area contributed by atoms with Gasteiger partial charge in [-0.2, -0.15) is 0 Å². The second kappa shape index (κ2) is 6.35. The number of amides is 1. The van der Waals surface area contributed by atoms with E-state index in [9.17, 15) is 9.59 Å². The molecule has 5 heteroatoms. The van der Waals surface area contributed by atoms with Crippen LogP contribution in [-0.2, 0) is 6.42 Å². The Hall–Kier alpha value is -2.82. The number of hydrogen-bond acceptors (Lipinski definition) is 3. The SMILES string of the molecule is CC(C1Cc2ccccc2O1)N(C)C(=O)c1ccc(C(=O)O)cc1. The third kappa shape index (κ3) is 2.97. The first-order chi connectivity index (χ1) is 11.5. The standard InChI is InChI=1S/C19H19NO4/c1-12(17-11-15-5-3-4-6-16(15)24-17)20(2)18(21)13-7-9-14(10-8-13)19(22)23/h3-10,12,17H,11H2,1-2H3,(H,22,23). The predicted molar refractivity (Wildman–Crippen MR) is 89.5 cm³/mol. The summed E-state index contributed by atoms with van der Waals surface area (Å²) in [6, 6.07) is 13.7. The number of rotatable bonds is 4. The predicted octanol–water partition coefficient (Wildman–Crippen LogP) is 2.85. The van der Waals surface area contributed by atoms with Crippen molar-refractivity contribution >= 4 is 11.9 Å². The van der Waals surface area contributed by atoms with Crippen LogP contribution >= 0.6 is 0 Å². The van der Waals surface area contributed by atoms with E-state index in [0.29, 0.717) is 5.56 Å². The van der Waals surface area contributed by atoms with E-state index in [4.69, 9.17) is 9.84 Å². The molecule has 0 saturated carbocycles. The van der Waals surface area contributed by atoms with Crippen LogP contribution in [0.15, 0.2) is 48.5 Å². The first-order valence-corrected chi connectivity index (χ1v) is 7.82. The van der Waals surface area contributed by atoms with Crippen LogP contribution in [-0.4, -0.2) is 41.1 Å². The summed E-state index contributed by atoms with van der Waals surface area (Å²) in [4.78, 5) is 25.2. The van der Waals surface area contributed by atoms with Gasteiger partial charge in [-0.1, -0.05) is 18.2 Å². The van der Waals surface area contributed by atoms with E-state index < -0.39 is 5.97 Å². The third-order valence-electron chi connectivity index (χ3n) is 4.52. The number of likely N-dealkylation sites (N-methyl/N-ethyl adjacent to an activating group) is 1. The summed E-state index contributed by atoms with van der Waals surface area (Å²) in [5, 5.41) is 8.93. The minimum absolute atomic E-state index is 0.0883. The Kier molecular flexibility index (Phi) is 4.25. The Morgan fingerprint density at radius 3 is 2.38 bits per heavy atom. The number of benzene rings is 2. The van der Waals surface area contributed by atoms with Gasteiger partial charge < -0.3 is 14.7 Å². The fraction of sp³-hybridized carbons (Fsp3) is 0.263. The average Bonchev–Trinajstić information content (AvgIpc) is 3.04. The quantitative estimate of drug-likeness (QED) is 0.938. The monoisotopic (exact) mass is 325 g/mol. The first kappa shape index (κ1) is 16.1. The van der Waals surface area contributed by atoms with Crippen LogP contribution in [0.5, 0.6) is 5.75 Å². The van der Waals surface area contributed by atoms with Crippen molar-refractivity contribution in [3.05, 3.63) is 65.2 Å². The molecule has 5 nitrogen and oxygen atoms in total. The Labute approximate surface area is 140 Å². The number of carboxylic acids is 1. The summed E-state index contributed by atoms with van der Waals surface area (Å²) in [5.74, 6) is -0.284. The van der Waals surface area contributed by atoms with Gasteiger partial charge in [0.2, 0.25) is 0 Å². The maximum Gasteiger partial charge on any atom is 0.335 e. The van der Waals surface area contributed by atoms with Crippen LogP contribution in [0.25, 0.3) is 0 Å². The summed E-state index contributed by atoms with van der Waals surface area (Å²) in [6.07, 6.45) is 0.682. The van der Waals surface area contributed by atoms with Crippen LogP contribution in [0.1, 0.15) is 33.2 Å². The molecular weight excluding hydrogens is 306 g/mol. The highest BCUT2D eigenvalue weighted by atomic mass is 16.5. The molecule has 1 amide bonds. The van der Waals surface area contributed by atoms with Crippen LogP contribution in [0.3, 0.4) is 0 Å². The van der Waals surface area contributed by atoms with E-state index in [0.717, 1.165) is 17.7 Å². The van der Waals surface area contributed by atoms with Gasteiger partial charge in [0.25, 0.3) is 5.91 Å². The lowest BCUT2D eigenvalue weighted by Gasteiger charge is -2.29. The van der Waals surface area contributed by atoms with Gasteiger partial charge in [-0.3, -0.25) is 4.79 Å². The molecule has 0 saturated heterocycles. The zero-order valence-corrected chi connectivity index (χ0v) is 13.6. The number of carbonyl (C=O) groups excluding carboxylic acids is 1. The summed E-state index contributed by atoms with van der Waals surface area (Å²) < 4.78 is 5.95. The van der Waals surface area contributed by atoms with E-state index in [1.165, 1.54) is 12.1 Å². The molecule has 2 unspecified atom stereocenters. The zero-order valence-electron chi connectivity index (χ0n) is 13.6. The van der Waals surface area contributed by atoms with Crippen molar-refractivity contribution in [1.82, 2.24) is 4.90 Å². The molecule has 2 aromatic rings. The van der Waals surface area contributed by atoms with Crippen LogP contribution in [0.4, 0.5) is 0 Å².